The third-order valence-electron chi connectivity index (χ3n) is 5.56. The van der Waals surface area contributed by atoms with Crippen LogP contribution in [-0.4, -0.2) is 63.8 Å². The van der Waals surface area contributed by atoms with Gasteiger partial charge < -0.3 is 9.64 Å². The van der Waals surface area contributed by atoms with Crippen LogP contribution >= 0.6 is 23.2 Å². The summed E-state index contributed by atoms with van der Waals surface area (Å²) in [6.07, 6.45) is 0.595. The van der Waals surface area contributed by atoms with Crippen molar-refractivity contribution in [3.05, 3.63) is 69.7 Å². The molecule has 2 heterocycles. The van der Waals surface area contributed by atoms with E-state index in [4.69, 9.17) is 27.9 Å². The fraction of sp³-hybridized carbons (Fsp3) is 0.348. The summed E-state index contributed by atoms with van der Waals surface area (Å²) in [4.78, 5) is 21.7. The first-order chi connectivity index (χ1) is 15.5. The summed E-state index contributed by atoms with van der Waals surface area (Å²) in [7, 11) is 1.66. The number of aromatic nitrogens is 3. The Morgan fingerprint density at radius 1 is 1.03 bits per heavy atom. The van der Waals surface area contributed by atoms with Crippen molar-refractivity contribution in [3.8, 4) is 11.4 Å². The number of piperazine rings is 1. The number of hydrogen-bond acceptors (Lipinski definition) is 5. The van der Waals surface area contributed by atoms with E-state index in [9.17, 15) is 4.79 Å². The fourth-order valence-electron chi connectivity index (χ4n) is 3.77. The van der Waals surface area contributed by atoms with Crippen molar-refractivity contribution in [1.82, 2.24) is 24.6 Å². The first kappa shape index (κ1) is 22.6. The zero-order chi connectivity index (χ0) is 22.7. The van der Waals surface area contributed by atoms with E-state index < -0.39 is 0 Å². The molecule has 1 amide bonds. The average molecular weight is 474 g/mol. The monoisotopic (exact) mass is 473 g/mol. The highest BCUT2D eigenvalue weighted by molar-refractivity contribution is 6.37. The Kier molecular flexibility index (Phi) is 6.98. The zero-order valence-corrected chi connectivity index (χ0v) is 19.6. The van der Waals surface area contributed by atoms with E-state index in [0.717, 1.165) is 25.4 Å². The van der Waals surface area contributed by atoms with E-state index in [0.29, 0.717) is 41.1 Å². The normalized spacial score (nSPS) is 14.6. The molecule has 0 unspecified atom stereocenters. The summed E-state index contributed by atoms with van der Waals surface area (Å²) >= 11 is 12.7. The SMILES string of the molecule is CCc1nc(C(=O)N2CCN(Cc3ccc(OC)cc3)CC2)nn1-c1c(Cl)cccc1Cl. The van der Waals surface area contributed by atoms with Gasteiger partial charge in [-0.25, -0.2) is 9.67 Å². The summed E-state index contributed by atoms with van der Waals surface area (Å²) in [5.41, 5.74) is 1.76. The van der Waals surface area contributed by atoms with Gasteiger partial charge in [-0.2, -0.15) is 0 Å². The predicted octanol–water partition coefficient (Wildman–Crippen LogP) is 4.10. The molecule has 1 aliphatic heterocycles. The van der Waals surface area contributed by atoms with Gasteiger partial charge in [0.1, 0.15) is 17.3 Å². The van der Waals surface area contributed by atoms with Gasteiger partial charge in [0, 0.05) is 39.1 Å². The molecule has 168 valence electrons. The molecular weight excluding hydrogens is 449 g/mol. The molecular formula is C23H25Cl2N5O2. The summed E-state index contributed by atoms with van der Waals surface area (Å²) in [5, 5.41) is 5.39. The van der Waals surface area contributed by atoms with E-state index in [1.807, 2.05) is 19.1 Å². The van der Waals surface area contributed by atoms with Crippen molar-refractivity contribution in [2.24, 2.45) is 0 Å². The molecule has 3 aromatic rings. The summed E-state index contributed by atoms with van der Waals surface area (Å²) in [6.45, 7) is 5.61. The minimum Gasteiger partial charge on any atom is -0.497 e. The number of benzene rings is 2. The highest BCUT2D eigenvalue weighted by Crippen LogP contribution is 2.29. The van der Waals surface area contributed by atoms with Crippen LogP contribution in [-0.2, 0) is 13.0 Å². The summed E-state index contributed by atoms with van der Waals surface area (Å²) < 4.78 is 6.80. The quantitative estimate of drug-likeness (QED) is 0.538. The Morgan fingerprint density at radius 3 is 2.28 bits per heavy atom. The second-order valence-corrected chi connectivity index (χ2v) is 8.42. The van der Waals surface area contributed by atoms with Gasteiger partial charge in [0.05, 0.1) is 17.2 Å². The van der Waals surface area contributed by atoms with Crippen molar-refractivity contribution in [2.45, 2.75) is 19.9 Å². The van der Waals surface area contributed by atoms with Crippen LogP contribution in [0.5, 0.6) is 5.75 Å². The van der Waals surface area contributed by atoms with E-state index in [1.165, 1.54) is 5.56 Å². The highest BCUT2D eigenvalue weighted by Gasteiger charge is 2.27. The van der Waals surface area contributed by atoms with Crippen molar-refractivity contribution in [2.75, 3.05) is 33.3 Å². The molecule has 1 aromatic heterocycles. The number of ether oxygens (including phenoxy) is 1. The number of para-hydroxylation sites is 1. The lowest BCUT2D eigenvalue weighted by Gasteiger charge is -2.34. The zero-order valence-electron chi connectivity index (χ0n) is 18.1. The van der Waals surface area contributed by atoms with Crippen LogP contribution in [0.15, 0.2) is 42.5 Å². The van der Waals surface area contributed by atoms with Gasteiger partial charge in [-0.1, -0.05) is 48.3 Å². The van der Waals surface area contributed by atoms with Gasteiger partial charge in [-0.3, -0.25) is 9.69 Å². The molecule has 32 heavy (non-hydrogen) atoms. The second-order valence-electron chi connectivity index (χ2n) is 7.60. The van der Waals surface area contributed by atoms with Gasteiger partial charge in [0.2, 0.25) is 5.82 Å². The van der Waals surface area contributed by atoms with E-state index in [1.54, 1.807) is 34.9 Å². The van der Waals surface area contributed by atoms with Crippen LogP contribution in [0.1, 0.15) is 28.9 Å². The number of amides is 1. The molecule has 7 nitrogen and oxygen atoms in total. The first-order valence-electron chi connectivity index (χ1n) is 10.5. The van der Waals surface area contributed by atoms with E-state index in [2.05, 4.69) is 27.1 Å². The molecule has 9 heteroatoms. The maximum Gasteiger partial charge on any atom is 0.293 e. The standard InChI is InChI=1S/C23H25Cl2N5O2/c1-3-20-26-22(27-30(20)21-18(24)5-4-6-19(21)25)23(31)29-13-11-28(12-14-29)15-16-7-9-17(32-2)10-8-16/h4-10H,3,11-15H2,1-2H3. The highest BCUT2D eigenvalue weighted by atomic mass is 35.5. The maximum atomic E-state index is 13.1. The third kappa shape index (κ3) is 4.75. The minimum atomic E-state index is -0.175. The van der Waals surface area contributed by atoms with Crippen LogP contribution in [0, 0.1) is 0 Å². The van der Waals surface area contributed by atoms with Gasteiger partial charge >= 0.3 is 0 Å². The Morgan fingerprint density at radius 2 is 1.69 bits per heavy atom. The van der Waals surface area contributed by atoms with Gasteiger partial charge in [-0.05, 0) is 29.8 Å². The molecule has 0 bridgehead atoms. The Labute approximate surface area is 197 Å². The first-order valence-corrected chi connectivity index (χ1v) is 11.3. The number of nitrogens with zero attached hydrogens (tertiary/aromatic N) is 5. The van der Waals surface area contributed by atoms with Gasteiger partial charge in [-0.15, -0.1) is 5.10 Å². The lowest BCUT2D eigenvalue weighted by atomic mass is 10.2. The van der Waals surface area contributed by atoms with Crippen LogP contribution in [0.2, 0.25) is 10.0 Å². The largest absolute Gasteiger partial charge is 0.497 e. The second kappa shape index (κ2) is 9.90. The Balaban J connectivity index is 1.43. The molecule has 2 aromatic carbocycles. The van der Waals surface area contributed by atoms with Crippen LogP contribution in [0.4, 0.5) is 0 Å². The Bertz CT molecular complexity index is 1070. The van der Waals surface area contributed by atoms with Gasteiger partial charge in [0.25, 0.3) is 5.91 Å². The predicted molar refractivity (Wildman–Crippen MR) is 125 cm³/mol. The summed E-state index contributed by atoms with van der Waals surface area (Å²) in [5.74, 6) is 1.48. The number of rotatable bonds is 6. The molecule has 0 saturated carbocycles. The Hall–Kier alpha value is -2.61. The molecule has 0 atom stereocenters. The lowest BCUT2D eigenvalue weighted by molar-refractivity contribution is 0.0616. The molecule has 1 fully saturated rings. The van der Waals surface area contributed by atoms with Crippen molar-refractivity contribution in [3.63, 3.8) is 0 Å². The number of carbonyl (C=O) groups is 1. The molecule has 1 aliphatic rings. The molecule has 0 spiro atoms. The number of halogens is 2. The van der Waals surface area contributed by atoms with E-state index >= 15 is 0 Å². The minimum absolute atomic E-state index is 0.168. The van der Waals surface area contributed by atoms with Crippen LogP contribution < -0.4 is 4.74 Å². The van der Waals surface area contributed by atoms with E-state index in [-0.39, 0.29) is 11.7 Å². The molecule has 1 saturated heterocycles. The number of aryl methyl sites for hydroxylation is 1. The number of hydrogen-bond donors (Lipinski definition) is 0. The fourth-order valence-corrected chi connectivity index (χ4v) is 4.33. The van der Waals surface area contributed by atoms with Crippen LogP contribution in [0.3, 0.4) is 0 Å². The molecule has 4 rings (SSSR count). The van der Waals surface area contributed by atoms with Crippen molar-refractivity contribution >= 4 is 29.1 Å². The lowest BCUT2D eigenvalue weighted by Crippen LogP contribution is -2.48. The smallest absolute Gasteiger partial charge is 0.293 e. The summed E-state index contributed by atoms with van der Waals surface area (Å²) in [6, 6.07) is 13.3. The molecule has 0 aliphatic carbocycles. The van der Waals surface area contributed by atoms with Gasteiger partial charge in [0.15, 0.2) is 0 Å². The molecule has 0 N–H and O–H groups in total. The number of carbonyl (C=O) groups excluding carboxylic acids is 1. The topological polar surface area (TPSA) is 63.5 Å². The third-order valence-corrected chi connectivity index (χ3v) is 6.17. The molecule has 0 radical (unpaired) electrons. The number of methoxy groups -OCH3 is 1. The van der Waals surface area contributed by atoms with Crippen molar-refractivity contribution in [1.29, 1.82) is 0 Å². The average Bonchev–Trinajstić information content (AvgIpc) is 3.23. The maximum absolute atomic E-state index is 13.1. The van der Waals surface area contributed by atoms with Crippen LogP contribution in [0.25, 0.3) is 5.69 Å². The van der Waals surface area contributed by atoms with Crippen molar-refractivity contribution < 1.29 is 9.53 Å².